The van der Waals surface area contributed by atoms with Gasteiger partial charge < -0.3 is 9.26 Å². The van der Waals surface area contributed by atoms with E-state index in [4.69, 9.17) is 9.26 Å². The largest absolute Gasteiger partial charge is 0.497 e. The monoisotopic (exact) mass is 349 g/mol. The number of aromatic nitrogens is 3. The molecule has 0 N–H and O–H groups in total. The van der Waals surface area contributed by atoms with E-state index in [1.165, 1.54) is 0 Å². The smallest absolute Gasteiger partial charge is 0.237 e. The SMILES string of the molecule is COc1cccc(-c2noc(CSc3ccc4ccccc4n3)n2)c1. The van der Waals surface area contributed by atoms with Gasteiger partial charge in [0.25, 0.3) is 0 Å². The van der Waals surface area contributed by atoms with Gasteiger partial charge in [-0.05, 0) is 24.3 Å². The van der Waals surface area contributed by atoms with Crippen molar-refractivity contribution >= 4 is 22.7 Å². The molecule has 2 aromatic carbocycles. The van der Waals surface area contributed by atoms with Crippen molar-refractivity contribution in [3.8, 4) is 17.1 Å². The van der Waals surface area contributed by atoms with Crippen molar-refractivity contribution in [2.24, 2.45) is 0 Å². The molecule has 4 rings (SSSR count). The third kappa shape index (κ3) is 3.49. The molecule has 2 aromatic heterocycles. The van der Waals surface area contributed by atoms with Gasteiger partial charge in [-0.1, -0.05) is 53.3 Å². The highest BCUT2D eigenvalue weighted by atomic mass is 32.2. The molecule has 0 fully saturated rings. The number of thioether (sulfide) groups is 1. The minimum Gasteiger partial charge on any atom is -0.497 e. The Morgan fingerprint density at radius 1 is 1.00 bits per heavy atom. The molecule has 0 aliphatic heterocycles. The highest BCUT2D eigenvalue weighted by Crippen LogP contribution is 2.25. The lowest BCUT2D eigenvalue weighted by molar-refractivity contribution is 0.391. The number of pyridine rings is 1. The first-order valence-corrected chi connectivity index (χ1v) is 8.76. The summed E-state index contributed by atoms with van der Waals surface area (Å²) in [6.45, 7) is 0. The minimum atomic E-state index is 0.556. The van der Waals surface area contributed by atoms with Gasteiger partial charge in [-0.15, -0.1) is 0 Å². The van der Waals surface area contributed by atoms with Gasteiger partial charge in [-0.2, -0.15) is 4.98 Å². The van der Waals surface area contributed by atoms with Gasteiger partial charge in [-0.3, -0.25) is 0 Å². The first-order valence-electron chi connectivity index (χ1n) is 7.77. The van der Waals surface area contributed by atoms with Crippen LogP contribution in [-0.4, -0.2) is 22.2 Å². The lowest BCUT2D eigenvalue weighted by atomic mass is 10.2. The molecule has 5 nitrogen and oxygen atoms in total. The number of benzene rings is 2. The van der Waals surface area contributed by atoms with Crippen molar-refractivity contribution in [1.82, 2.24) is 15.1 Å². The summed E-state index contributed by atoms with van der Waals surface area (Å²) in [6, 6.07) is 19.7. The summed E-state index contributed by atoms with van der Waals surface area (Å²) in [5.41, 5.74) is 1.85. The third-order valence-corrected chi connectivity index (χ3v) is 4.63. The summed E-state index contributed by atoms with van der Waals surface area (Å²) in [5.74, 6) is 2.46. The second kappa shape index (κ2) is 6.94. The van der Waals surface area contributed by atoms with Crippen LogP contribution in [0.5, 0.6) is 5.75 Å². The Balaban J connectivity index is 1.48. The van der Waals surface area contributed by atoms with Gasteiger partial charge in [0.15, 0.2) is 0 Å². The van der Waals surface area contributed by atoms with E-state index >= 15 is 0 Å². The topological polar surface area (TPSA) is 61.0 Å². The Bertz CT molecular complexity index is 1020. The highest BCUT2D eigenvalue weighted by Gasteiger charge is 2.10. The first kappa shape index (κ1) is 15.7. The summed E-state index contributed by atoms with van der Waals surface area (Å²) in [4.78, 5) is 9.09. The molecular formula is C19H15N3O2S. The molecule has 0 saturated carbocycles. The molecule has 0 aliphatic carbocycles. The summed E-state index contributed by atoms with van der Waals surface area (Å²) in [7, 11) is 1.63. The van der Waals surface area contributed by atoms with Gasteiger partial charge in [0.2, 0.25) is 11.7 Å². The molecule has 0 saturated heterocycles. The molecule has 0 bridgehead atoms. The molecule has 0 atom stereocenters. The van der Waals surface area contributed by atoms with Crippen LogP contribution in [0.15, 0.2) is 70.2 Å². The normalized spacial score (nSPS) is 10.9. The lowest BCUT2D eigenvalue weighted by Gasteiger charge is -2.01. The van der Waals surface area contributed by atoms with Gasteiger partial charge in [0.05, 0.1) is 23.4 Å². The predicted octanol–water partition coefficient (Wildman–Crippen LogP) is 4.59. The molecule has 0 unspecified atom stereocenters. The van der Waals surface area contributed by atoms with Crippen LogP contribution in [0.2, 0.25) is 0 Å². The number of hydrogen-bond acceptors (Lipinski definition) is 6. The molecule has 2 heterocycles. The van der Waals surface area contributed by atoms with Gasteiger partial charge in [0.1, 0.15) is 5.75 Å². The average Bonchev–Trinajstić information content (AvgIpc) is 3.15. The molecular weight excluding hydrogens is 334 g/mol. The molecule has 0 aliphatic rings. The van der Waals surface area contributed by atoms with E-state index in [9.17, 15) is 0 Å². The second-order valence-electron chi connectivity index (χ2n) is 5.37. The van der Waals surface area contributed by atoms with Gasteiger partial charge in [0, 0.05) is 10.9 Å². The van der Waals surface area contributed by atoms with Crippen LogP contribution in [0.3, 0.4) is 0 Å². The third-order valence-electron chi connectivity index (χ3n) is 3.71. The maximum atomic E-state index is 5.35. The predicted molar refractivity (Wildman–Crippen MR) is 97.6 cm³/mol. The zero-order valence-corrected chi connectivity index (χ0v) is 14.4. The number of nitrogens with zero attached hydrogens (tertiary/aromatic N) is 3. The Morgan fingerprint density at radius 3 is 2.84 bits per heavy atom. The van der Waals surface area contributed by atoms with Crippen LogP contribution < -0.4 is 4.74 Å². The zero-order valence-electron chi connectivity index (χ0n) is 13.5. The van der Waals surface area contributed by atoms with Crippen LogP contribution in [0, 0.1) is 0 Å². The van der Waals surface area contributed by atoms with E-state index < -0.39 is 0 Å². The summed E-state index contributed by atoms with van der Waals surface area (Å²) in [5, 5.41) is 6.11. The van der Waals surface area contributed by atoms with E-state index in [-0.39, 0.29) is 0 Å². The Morgan fingerprint density at radius 2 is 1.92 bits per heavy atom. The summed E-state index contributed by atoms with van der Waals surface area (Å²) < 4.78 is 10.6. The lowest BCUT2D eigenvalue weighted by Crippen LogP contribution is -1.87. The van der Waals surface area contributed by atoms with Crippen LogP contribution in [-0.2, 0) is 5.75 Å². The van der Waals surface area contributed by atoms with E-state index in [1.807, 2.05) is 48.5 Å². The van der Waals surface area contributed by atoms with E-state index in [0.29, 0.717) is 17.5 Å². The van der Waals surface area contributed by atoms with Crippen molar-refractivity contribution in [3.05, 3.63) is 66.6 Å². The van der Waals surface area contributed by atoms with Gasteiger partial charge >= 0.3 is 0 Å². The standard InChI is InChI=1S/C19H15N3O2S/c1-23-15-7-4-6-14(11-15)19-21-17(24-22-19)12-25-18-10-9-13-5-2-3-8-16(13)20-18/h2-11H,12H2,1H3. The number of ether oxygens (including phenoxy) is 1. The van der Waals surface area contributed by atoms with Crippen LogP contribution in [0.4, 0.5) is 0 Å². The Labute approximate surface area is 149 Å². The number of para-hydroxylation sites is 1. The fourth-order valence-corrected chi connectivity index (χ4v) is 3.17. The number of hydrogen-bond donors (Lipinski definition) is 0. The average molecular weight is 349 g/mol. The van der Waals surface area contributed by atoms with E-state index in [2.05, 4.69) is 27.3 Å². The van der Waals surface area contributed by atoms with Crippen molar-refractivity contribution in [3.63, 3.8) is 0 Å². The first-order chi connectivity index (χ1) is 12.3. The Kier molecular flexibility index (Phi) is 4.35. The van der Waals surface area contributed by atoms with Gasteiger partial charge in [-0.25, -0.2) is 4.98 Å². The molecule has 25 heavy (non-hydrogen) atoms. The zero-order chi connectivity index (χ0) is 17.1. The van der Waals surface area contributed by atoms with Crippen molar-refractivity contribution in [1.29, 1.82) is 0 Å². The maximum absolute atomic E-state index is 5.35. The second-order valence-corrected chi connectivity index (χ2v) is 6.37. The minimum absolute atomic E-state index is 0.556. The summed E-state index contributed by atoms with van der Waals surface area (Å²) in [6.07, 6.45) is 0. The maximum Gasteiger partial charge on any atom is 0.237 e. The number of fused-ring (bicyclic) bond motifs is 1. The summed E-state index contributed by atoms with van der Waals surface area (Å²) >= 11 is 1.57. The molecule has 124 valence electrons. The Hall–Kier alpha value is -2.86. The van der Waals surface area contributed by atoms with Crippen LogP contribution >= 0.6 is 11.8 Å². The molecule has 0 amide bonds. The molecule has 0 radical (unpaired) electrons. The van der Waals surface area contributed by atoms with Crippen molar-refractivity contribution in [2.45, 2.75) is 10.8 Å². The van der Waals surface area contributed by atoms with Crippen molar-refractivity contribution in [2.75, 3.05) is 7.11 Å². The van der Waals surface area contributed by atoms with E-state index in [1.54, 1.807) is 18.9 Å². The molecule has 6 heteroatoms. The van der Waals surface area contributed by atoms with Crippen LogP contribution in [0.25, 0.3) is 22.3 Å². The molecule has 4 aromatic rings. The fraction of sp³-hybridized carbons (Fsp3) is 0.105. The molecule has 0 spiro atoms. The quantitative estimate of drug-likeness (QED) is 0.491. The van der Waals surface area contributed by atoms with Crippen molar-refractivity contribution < 1.29 is 9.26 Å². The van der Waals surface area contributed by atoms with Crippen LogP contribution in [0.1, 0.15) is 5.89 Å². The number of rotatable bonds is 5. The fourth-order valence-electron chi connectivity index (χ4n) is 2.46. The number of methoxy groups -OCH3 is 1. The highest BCUT2D eigenvalue weighted by molar-refractivity contribution is 7.98. The van der Waals surface area contributed by atoms with E-state index in [0.717, 1.165) is 27.2 Å².